The van der Waals surface area contributed by atoms with Crippen molar-refractivity contribution in [2.24, 2.45) is 0 Å². The Morgan fingerprint density at radius 3 is 2.74 bits per heavy atom. The van der Waals surface area contributed by atoms with Gasteiger partial charge in [-0.3, -0.25) is 14.5 Å². The number of amides is 2. The number of nitrogens with one attached hydrogen (secondary N) is 1. The van der Waals surface area contributed by atoms with Gasteiger partial charge < -0.3 is 14.8 Å². The molecule has 4 rings (SSSR count). The van der Waals surface area contributed by atoms with E-state index in [0.29, 0.717) is 16.4 Å². The van der Waals surface area contributed by atoms with Crippen molar-refractivity contribution in [2.75, 3.05) is 18.8 Å². The highest BCUT2D eigenvalue weighted by atomic mass is 32.2. The third-order valence-electron chi connectivity index (χ3n) is 4.38. The van der Waals surface area contributed by atoms with Crippen molar-refractivity contribution in [3.05, 3.63) is 58.0 Å². The van der Waals surface area contributed by atoms with Gasteiger partial charge in [0.2, 0.25) is 6.79 Å². The second-order valence-corrected chi connectivity index (χ2v) is 7.37. The van der Waals surface area contributed by atoms with Crippen LogP contribution < -0.4 is 14.8 Å². The molecule has 1 saturated heterocycles. The van der Waals surface area contributed by atoms with E-state index in [1.807, 2.05) is 32.0 Å². The molecule has 0 radical (unpaired) electrons. The predicted molar refractivity (Wildman–Crippen MR) is 105 cm³/mol. The van der Waals surface area contributed by atoms with Gasteiger partial charge in [-0.05, 0) is 61.0 Å². The molecule has 0 bridgehead atoms. The average molecular weight is 382 g/mol. The maximum absolute atomic E-state index is 12.6. The van der Waals surface area contributed by atoms with Gasteiger partial charge in [-0.25, -0.2) is 0 Å². The third-order valence-corrected chi connectivity index (χ3v) is 5.28. The molecule has 27 heavy (non-hydrogen) atoms. The normalized spacial score (nSPS) is 17.1. The van der Waals surface area contributed by atoms with E-state index >= 15 is 0 Å². The van der Waals surface area contributed by atoms with E-state index in [1.54, 1.807) is 18.2 Å². The Balaban J connectivity index is 1.48. The van der Waals surface area contributed by atoms with Crippen LogP contribution in [0.25, 0.3) is 6.08 Å². The first-order valence-electron chi connectivity index (χ1n) is 8.47. The van der Waals surface area contributed by atoms with Gasteiger partial charge in [-0.2, -0.15) is 0 Å². The number of imide groups is 1. The zero-order chi connectivity index (χ0) is 19.0. The number of anilines is 1. The summed E-state index contributed by atoms with van der Waals surface area (Å²) in [5, 5.41) is 2.88. The fourth-order valence-corrected chi connectivity index (χ4v) is 3.81. The Hall–Kier alpha value is -2.93. The second-order valence-electron chi connectivity index (χ2n) is 6.38. The lowest BCUT2D eigenvalue weighted by atomic mass is 10.1. The zero-order valence-electron chi connectivity index (χ0n) is 14.9. The molecule has 1 fully saturated rings. The molecule has 2 aromatic rings. The molecule has 0 saturated carbocycles. The van der Waals surface area contributed by atoms with Crippen LogP contribution in [0.2, 0.25) is 0 Å². The number of carbonyl (C=O) groups excluding carboxylic acids is 2. The van der Waals surface area contributed by atoms with Crippen molar-refractivity contribution in [3.63, 3.8) is 0 Å². The number of hydrogen-bond acceptors (Lipinski definition) is 6. The van der Waals surface area contributed by atoms with Crippen LogP contribution in [0.4, 0.5) is 10.5 Å². The van der Waals surface area contributed by atoms with Crippen molar-refractivity contribution >= 4 is 34.7 Å². The maximum Gasteiger partial charge on any atom is 0.295 e. The quantitative estimate of drug-likeness (QED) is 0.802. The molecular formula is C20H18N2O4S. The van der Waals surface area contributed by atoms with Crippen LogP contribution in [-0.4, -0.2) is 29.5 Å². The highest BCUT2D eigenvalue weighted by Crippen LogP contribution is 2.36. The molecular weight excluding hydrogens is 364 g/mol. The molecule has 0 spiro atoms. The van der Waals surface area contributed by atoms with Gasteiger partial charge in [0.25, 0.3) is 11.1 Å². The SMILES string of the molecule is Cc1ccc(NCN2C(=O)S/C(=C\c3ccc4c(c3)OCO4)C2=O)c(C)c1. The van der Waals surface area contributed by atoms with Gasteiger partial charge >= 0.3 is 0 Å². The molecule has 7 heteroatoms. The number of benzene rings is 2. The minimum Gasteiger partial charge on any atom is -0.454 e. The Kier molecular flexibility index (Phi) is 4.53. The van der Waals surface area contributed by atoms with Crippen molar-refractivity contribution in [1.82, 2.24) is 4.90 Å². The summed E-state index contributed by atoms with van der Waals surface area (Å²) in [4.78, 5) is 26.5. The van der Waals surface area contributed by atoms with Gasteiger partial charge in [-0.1, -0.05) is 23.8 Å². The van der Waals surface area contributed by atoms with Gasteiger partial charge in [0, 0.05) is 5.69 Å². The summed E-state index contributed by atoms with van der Waals surface area (Å²) in [7, 11) is 0. The second kappa shape index (κ2) is 7.00. The molecule has 2 aliphatic heterocycles. The molecule has 0 atom stereocenters. The Morgan fingerprint density at radius 1 is 1.11 bits per heavy atom. The lowest BCUT2D eigenvalue weighted by Gasteiger charge is -2.16. The third kappa shape index (κ3) is 3.50. The molecule has 2 aliphatic rings. The minimum absolute atomic E-state index is 0.132. The Morgan fingerprint density at radius 2 is 1.93 bits per heavy atom. The summed E-state index contributed by atoms with van der Waals surface area (Å²) < 4.78 is 10.6. The molecule has 2 aromatic carbocycles. The van der Waals surface area contributed by atoms with Crippen LogP contribution in [0.1, 0.15) is 16.7 Å². The van der Waals surface area contributed by atoms with Crippen molar-refractivity contribution < 1.29 is 19.1 Å². The molecule has 0 aliphatic carbocycles. The van der Waals surface area contributed by atoms with Crippen LogP contribution in [0.5, 0.6) is 11.5 Å². The van der Waals surface area contributed by atoms with E-state index in [1.165, 1.54) is 4.90 Å². The fourth-order valence-electron chi connectivity index (χ4n) is 2.97. The average Bonchev–Trinajstić information content (AvgIpc) is 3.19. The number of thioether (sulfide) groups is 1. The van der Waals surface area contributed by atoms with Crippen LogP contribution in [0.15, 0.2) is 41.3 Å². The summed E-state index contributed by atoms with van der Waals surface area (Å²) in [6, 6.07) is 11.4. The Labute approximate surface area is 161 Å². The van der Waals surface area contributed by atoms with Crippen LogP contribution in [0, 0.1) is 13.8 Å². The van der Waals surface area contributed by atoms with Crippen LogP contribution >= 0.6 is 11.8 Å². The monoisotopic (exact) mass is 382 g/mol. The van der Waals surface area contributed by atoms with Gasteiger partial charge in [0.05, 0.1) is 11.6 Å². The highest BCUT2D eigenvalue weighted by molar-refractivity contribution is 8.18. The number of nitrogens with zero attached hydrogens (tertiary/aromatic N) is 1. The number of fused-ring (bicyclic) bond motifs is 1. The van der Waals surface area contributed by atoms with E-state index in [0.717, 1.165) is 34.1 Å². The molecule has 0 unspecified atom stereocenters. The lowest BCUT2D eigenvalue weighted by Crippen LogP contribution is -2.33. The van der Waals surface area contributed by atoms with Crippen molar-refractivity contribution in [1.29, 1.82) is 0 Å². The highest BCUT2D eigenvalue weighted by Gasteiger charge is 2.35. The number of carbonyl (C=O) groups is 2. The lowest BCUT2D eigenvalue weighted by molar-refractivity contribution is -0.122. The first kappa shape index (κ1) is 17.5. The van der Waals surface area contributed by atoms with Crippen molar-refractivity contribution in [2.45, 2.75) is 13.8 Å². The van der Waals surface area contributed by atoms with E-state index in [2.05, 4.69) is 11.4 Å². The van der Waals surface area contributed by atoms with Crippen molar-refractivity contribution in [3.8, 4) is 11.5 Å². The summed E-state index contributed by atoms with van der Waals surface area (Å²) in [6.45, 7) is 4.34. The van der Waals surface area contributed by atoms with Gasteiger partial charge in [-0.15, -0.1) is 0 Å². The first-order chi connectivity index (χ1) is 13.0. The van der Waals surface area contributed by atoms with Crippen LogP contribution in [0.3, 0.4) is 0 Å². The maximum atomic E-state index is 12.6. The molecule has 1 N–H and O–H groups in total. The predicted octanol–water partition coefficient (Wildman–Crippen LogP) is 4.14. The number of rotatable bonds is 4. The molecule has 2 amide bonds. The molecule has 6 nitrogen and oxygen atoms in total. The summed E-state index contributed by atoms with van der Waals surface area (Å²) in [6.07, 6.45) is 1.70. The molecule has 138 valence electrons. The Bertz CT molecular complexity index is 970. The first-order valence-corrected chi connectivity index (χ1v) is 9.29. The summed E-state index contributed by atoms with van der Waals surface area (Å²) in [5.74, 6) is 1.01. The number of ether oxygens (including phenoxy) is 2. The zero-order valence-corrected chi connectivity index (χ0v) is 15.8. The summed E-state index contributed by atoms with van der Waals surface area (Å²) >= 11 is 0.938. The molecule has 0 aromatic heterocycles. The van der Waals surface area contributed by atoms with E-state index in [4.69, 9.17) is 9.47 Å². The van der Waals surface area contributed by atoms with Gasteiger partial charge in [0.1, 0.15) is 0 Å². The van der Waals surface area contributed by atoms with E-state index in [-0.39, 0.29) is 24.6 Å². The standard InChI is InChI=1S/C20H18N2O4S/c1-12-3-5-15(13(2)7-12)21-10-22-19(23)18(27-20(22)24)9-14-4-6-16-17(8-14)26-11-25-16/h3-9,21H,10-11H2,1-2H3/b18-9-. The molecule has 2 heterocycles. The van der Waals surface area contributed by atoms with Gasteiger partial charge in [0.15, 0.2) is 11.5 Å². The smallest absolute Gasteiger partial charge is 0.295 e. The fraction of sp³-hybridized carbons (Fsp3) is 0.200. The van der Waals surface area contributed by atoms with Crippen LogP contribution in [-0.2, 0) is 4.79 Å². The van der Waals surface area contributed by atoms with E-state index < -0.39 is 0 Å². The number of hydrogen-bond donors (Lipinski definition) is 1. The minimum atomic E-state index is -0.306. The summed E-state index contributed by atoms with van der Waals surface area (Å²) in [5.41, 5.74) is 3.92. The number of aryl methyl sites for hydroxylation is 2. The van der Waals surface area contributed by atoms with E-state index in [9.17, 15) is 9.59 Å². The topological polar surface area (TPSA) is 67.9 Å². The largest absolute Gasteiger partial charge is 0.454 e.